The number of amides is 2. The van der Waals surface area contributed by atoms with Crippen LogP contribution >= 0.6 is 0 Å². The summed E-state index contributed by atoms with van der Waals surface area (Å²) < 4.78 is 33.8. The van der Waals surface area contributed by atoms with E-state index in [-0.39, 0.29) is 29.4 Å². The molecule has 46 heavy (non-hydrogen) atoms. The van der Waals surface area contributed by atoms with E-state index in [9.17, 15) is 23.5 Å². The van der Waals surface area contributed by atoms with Gasteiger partial charge in [-0.2, -0.15) is 8.78 Å². The molecule has 2 fully saturated rings. The number of nitrogens with one attached hydrogen (secondary N) is 2. The zero-order chi connectivity index (χ0) is 33.3. The van der Waals surface area contributed by atoms with Crippen LogP contribution in [-0.2, 0) is 20.2 Å². The summed E-state index contributed by atoms with van der Waals surface area (Å²) in [6.45, 7) is 7.94. The maximum atomic E-state index is 14.1. The Labute approximate surface area is 267 Å². The molecule has 4 atom stereocenters. The first-order chi connectivity index (χ1) is 21.7. The molecule has 0 aliphatic carbocycles. The lowest BCUT2D eigenvalue weighted by molar-refractivity contribution is -0.126. The monoisotopic (exact) mass is 633 g/mol. The predicted molar refractivity (Wildman–Crippen MR) is 172 cm³/mol. The van der Waals surface area contributed by atoms with Gasteiger partial charge in [0.1, 0.15) is 17.6 Å². The number of amidine groups is 1. The van der Waals surface area contributed by atoms with E-state index in [2.05, 4.69) is 34.3 Å². The highest BCUT2D eigenvalue weighted by atomic mass is 19.3. The number of halogens is 2. The van der Waals surface area contributed by atoms with Crippen molar-refractivity contribution in [2.75, 3.05) is 18.1 Å². The lowest BCUT2D eigenvalue weighted by Gasteiger charge is -2.39. The predicted octanol–water partition coefficient (Wildman–Crippen LogP) is 5.59. The van der Waals surface area contributed by atoms with Gasteiger partial charge in [0, 0.05) is 43.3 Å². The van der Waals surface area contributed by atoms with Crippen LogP contribution in [0.4, 0.5) is 14.5 Å². The number of piperidine rings is 1. The van der Waals surface area contributed by atoms with Crippen LogP contribution in [0.1, 0.15) is 85.4 Å². The molecule has 5 N–H and O–H groups in total. The van der Waals surface area contributed by atoms with E-state index in [4.69, 9.17) is 15.9 Å². The molecule has 3 aromatic rings. The van der Waals surface area contributed by atoms with Gasteiger partial charge in [-0.15, -0.1) is 0 Å². The molecular weight excluding hydrogens is 592 g/mol. The van der Waals surface area contributed by atoms with Gasteiger partial charge in [0.2, 0.25) is 5.91 Å². The lowest BCUT2D eigenvalue weighted by Crippen LogP contribution is -2.46. The minimum absolute atomic E-state index is 0.0250. The standard InChI is InChI=1S/C35H41F2N5O4/c1-19-7-8-22(25-10-9-23(16-20(25)2)31(43)33(39)44)18-27(19)42-14-13-24(17-21(42)3)34(45)41-32(38)26-11-12-29(35(4,36)37)40-30(26)28-6-5-15-46-28/h7-12,16,18,21,24,28,31,43H,5-6,13-15,17H2,1-4H3,(H2,39,44)(H2,38,41,45)/t21-,24-,28?,31?/m0/s1. The van der Waals surface area contributed by atoms with Crippen LogP contribution in [0.5, 0.6) is 0 Å². The molecule has 5 rings (SSSR count). The second kappa shape index (κ2) is 13.3. The molecule has 9 nitrogen and oxygen atoms in total. The molecule has 1 aromatic heterocycles. The number of aromatic nitrogens is 1. The normalized spacial score (nSPS) is 20.8. The van der Waals surface area contributed by atoms with Crippen LogP contribution < -0.4 is 16.0 Å². The second-order valence-corrected chi connectivity index (χ2v) is 12.5. The van der Waals surface area contributed by atoms with E-state index >= 15 is 0 Å². The van der Waals surface area contributed by atoms with Crippen molar-refractivity contribution in [1.29, 1.82) is 5.41 Å². The first kappa shape index (κ1) is 33.2. The Kier molecular flexibility index (Phi) is 9.55. The van der Waals surface area contributed by atoms with Crippen LogP contribution in [0.3, 0.4) is 0 Å². The maximum absolute atomic E-state index is 14.1. The fourth-order valence-electron chi connectivity index (χ4n) is 6.46. The van der Waals surface area contributed by atoms with E-state index in [1.165, 1.54) is 12.1 Å². The Hall–Kier alpha value is -4.22. The summed E-state index contributed by atoms with van der Waals surface area (Å²) in [5, 5.41) is 21.5. The number of primary amides is 1. The number of carbonyl (C=O) groups excluding carboxylic acids is 2. The van der Waals surface area contributed by atoms with Crippen LogP contribution in [0.15, 0.2) is 48.5 Å². The third-order valence-electron chi connectivity index (χ3n) is 9.04. The van der Waals surface area contributed by atoms with Gasteiger partial charge in [-0.3, -0.25) is 15.0 Å². The van der Waals surface area contributed by atoms with E-state index < -0.39 is 29.7 Å². The van der Waals surface area contributed by atoms with Crippen LogP contribution in [0, 0.1) is 25.2 Å². The van der Waals surface area contributed by atoms with Crippen molar-refractivity contribution in [1.82, 2.24) is 10.3 Å². The first-order valence-electron chi connectivity index (χ1n) is 15.6. The molecule has 11 heteroatoms. The summed E-state index contributed by atoms with van der Waals surface area (Å²) in [6, 6.07) is 14.2. The smallest absolute Gasteiger partial charge is 0.286 e. The fraction of sp³-hybridized carbons (Fsp3) is 0.429. The molecule has 2 aromatic carbocycles. The van der Waals surface area contributed by atoms with Gasteiger partial charge >= 0.3 is 0 Å². The van der Waals surface area contributed by atoms with Gasteiger partial charge in [-0.05, 0) is 92.5 Å². The Morgan fingerprint density at radius 3 is 2.52 bits per heavy atom. The molecule has 244 valence electrons. The number of rotatable bonds is 8. The highest BCUT2D eigenvalue weighted by Crippen LogP contribution is 2.36. The highest BCUT2D eigenvalue weighted by Gasteiger charge is 2.34. The Morgan fingerprint density at radius 1 is 1.13 bits per heavy atom. The van der Waals surface area contributed by atoms with Gasteiger partial charge in [0.15, 0.2) is 6.10 Å². The SMILES string of the molecule is Cc1cc(C(O)C(N)=O)ccc1-c1ccc(C)c(N2CC[C@H](C(=O)NC(=N)c3ccc(C(C)(F)F)nc3C3CCCO3)C[C@@H]2C)c1. The van der Waals surface area contributed by atoms with Gasteiger partial charge in [0.05, 0.1) is 5.69 Å². The molecule has 0 saturated carbocycles. The molecule has 0 bridgehead atoms. The topological polar surface area (TPSA) is 142 Å². The number of hydrogen-bond acceptors (Lipinski definition) is 7. The number of benzene rings is 2. The van der Waals surface area contributed by atoms with Crippen molar-refractivity contribution < 1.29 is 28.2 Å². The lowest BCUT2D eigenvalue weighted by atomic mass is 9.89. The number of alkyl halides is 2. The molecule has 0 spiro atoms. The third-order valence-corrected chi connectivity index (χ3v) is 9.04. The molecule has 0 radical (unpaired) electrons. The Balaban J connectivity index is 1.29. The molecule has 2 unspecified atom stereocenters. The number of carbonyl (C=O) groups is 2. The summed E-state index contributed by atoms with van der Waals surface area (Å²) in [7, 11) is 0. The first-order valence-corrected chi connectivity index (χ1v) is 15.6. The third kappa shape index (κ3) is 6.95. The van der Waals surface area contributed by atoms with E-state index in [1.807, 2.05) is 26.0 Å². The zero-order valence-corrected chi connectivity index (χ0v) is 26.6. The van der Waals surface area contributed by atoms with Crippen molar-refractivity contribution in [3.05, 3.63) is 82.2 Å². The number of aliphatic hydroxyl groups excluding tert-OH is 1. The molecular formula is C35H41F2N5O4. The van der Waals surface area contributed by atoms with Gasteiger partial charge in [-0.1, -0.05) is 30.3 Å². The van der Waals surface area contributed by atoms with Gasteiger partial charge < -0.3 is 25.8 Å². The van der Waals surface area contributed by atoms with E-state index in [0.29, 0.717) is 43.5 Å². The molecule has 2 amide bonds. The van der Waals surface area contributed by atoms with Crippen LogP contribution in [0.2, 0.25) is 0 Å². The second-order valence-electron chi connectivity index (χ2n) is 12.5. The van der Waals surface area contributed by atoms with Crippen LogP contribution in [0.25, 0.3) is 11.1 Å². The minimum Gasteiger partial charge on any atom is -0.378 e. The number of ether oxygens (including phenoxy) is 1. The number of aliphatic hydroxyl groups is 1. The number of aryl methyl sites for hydroxylation is 2. The summed E-state index contributed by atoms with van der Waals surface area (Å²) in [6.07, 6.45) is 0.659. The molecule has 2 aliphatic heterocycles. The Bertz CT molecular complexity index is 1650. The average molecular weight is 634 g/mol. The molecule has 2 aliphatic rings. The quantitative estimate of drug-likeness (QED) is 0.188. The zero-order valence-electron chi connectivity index (χ0n) is 26.6. The van der Waals surface area contributed by atoms with Gasteiger partial charge in [0.25, 0.3) is 11.8 Å². The van der Waals surface area contributed by atoms with Crippen molar-refractivity contribution >= 4 is 23.3 Å². The fourth-order valence-corrected chi connectivity index (χ4v) is 6.46. The van der Waals surface area contributed by atoms with Crippen molar-refractivity contribution in [2.24, 2.45) is 11.7 Å². The summed E-state index contributed by atoms with van der Waals surface area (Å²) >= 11 is 0. The number of pyridine rings is 1. The number of nitrogens with two attached hydrogens (primary N) is 1. The number of hydrogen-bond donors (Lipinski definition) is 4. The highest BCUT2D eigenvalue weighted by molar-refractivity contribution is 6.07. The van der Waals surface area contributed by atoms with Gasteiger partial charge in [-0.25, -0.2) is 4.98 Å². The van der Waals surface area contributed by atoms with E-state index in [0.717, 1.165) is 41.3 Å². The van der Waals surface area contributed by atoms with Crippen molar-refractivity contribution in [2.45, 2.75) is 77.6 Å². The van der Waals surface area contributed by atoms with Crippen molar-refractivity contribution in [3.8, 4) is 11.1 Å². The minimum atomic E-state index is -3.14. The molecule has 3 heterocycles. The Morgan fingerprint density at radius 2 is 1.89 bits per heavy atom. The summed E-state index contributed by atoms with van der Waals surface area (Å²) in [5.74, 6) is -4.72. The summed E-state index contributed by atoms with van der Waals surface area (Å²) in [5.41, 5.74) is 10.9. The number of anilines is 1. The van der Waals surface area contributed by atoms with E-state index in [1.54, 1.807) is 12.1 Å². The van der Waals surface area contributed by atoms with Crippen molar-refractivity contribution in [3.63, 3.8) is 0 Å². The maximum Gasteiger partial charge on any atom is 0.286 e. The largest absolute Gasteiger partial charge is 0.378 e. The van der Waals surface area contributed by atoms with Crippen LogP contribution in [-0.4, -0.2) is 46.9 Å². The number of nitrogens with zero attached hydrogens (tertiary/aromatic N) is 2. The molecule has 2 saturated heterocycles. The summed E-state index contributed by atoms with van der Waals surface area (Å²) in [4.78, 5) is 31.3. The average Bonchev–Trinajstić information content (AvgIpc) is 3.55.